The van der Waals surface area contributed by atoms with E-state index in [1.165, 1.54) is 48.7 Å². The Kier molecular flexibility index (Phi) is 3.88. The monoisotopic (exact) mass is 386 g/mol. The van der Waals surface area contributed by atoms with Gasteiger partial charge in [0.25, 0.3) is 11.8 Å². The molecule has 2 aromatic rings. The lowest BCUT2D eigenvalue weighted by atomic mass is 10.0. The van der Waals surface area contributed by atoms with Crippen LogP contribution in [0.25, 0.3) is 0 Å². The van der Waals surface area contributed by atoms with Gasteiger partial charge >= 0.3 is 0 Å². The highest BCUT2D eigenvalue weighted by Gasteiger charge is 2.59. The largest absolute Gasteiger partial charge is 0.277 e. The summed E-state index contributed by atoms with van der Waals surface area (Å²) in [5.74, 6) is -3.32. The normalized spacial score (nSPS) is 21.1. The molecule has 27 heavy (non-hydrogen) atoms. The van der Waals surface area contributed by atoms with Crippen molar-refractivity contribution in [3.63, 3.8) is 0 Å². The van der Waals surface area contributed by atoms with Crippen molar-refractivity contribution < 1.29 is 23.2 Å². The maximum atomic E-state index is 14.5. The number of rotatable bonds is 1. The van der Waals surface area contributed by atoms with Crippen molar-refractivity contribution in [3.8, 4) is 0 Å². The topological polar surface area (TPSA) is 57.7 Å². The maximum absolute atomic E-state index is 14.5. The van der Waals surface area contributed by atoms with Gasteiger partial charge in [-0.2, -0.15) is 0 Å². The summed E-state index contributed by atoms with van der Waals surface area (Å²) in [4.78, 5) is 38.3. The number of carbonyl (C=O) groups excluding carboxylic acids is 3. The van der Waals surface area contributed by atoms with E-state index in [0.29, 0.717) is 0 Å². The second-order valence-electron chi connectivity index (χ2n) is 6.01. The van der Waals surface area contributed by atoms with Crippen molar-refractivity contribution >= 4 is 40.9 Å². The Morgan fingerprint density at radius 2 is 1.81 bits per heavy atom. The van der Waals surface area contributed by atoms with Crippen LogP contribution in [0, 0.1) is 11.6 Å². The lowest BCUT2D eigenvalue weighted by molar-refractivity contribution is -0.128. The maximum Gasteiger partial charge on any atom is 0.275 e. The van der Waals surface area contributed by atoms with E-state index in [-0.39, 0.29) is 16.9 Å². The van der Waals surface area contributed by atoms with E-state index in [9.17, 15) is 23.2 Å². The van der Waals surface area contributed by atoms with Crippen LogP contribution in [0.5, 0.6) is 0 Å². The first-order chi connectivity index (χ1) is 12.9. The summed E-state index contributed by atoms with van der Waals surface area (Å²) in [7, 11) is 0. The van der Waals surface area contributed by atoms with Crippen LogP contribution in [0.2, 0.25) is 0 Å². The molecule has 2 aliphatic rings. The number of thioether (sulfide) groups is 1. The highest BCUT2D eigenvalue weighted by Crippen LogP contribution is 2.54. The molecule has 0 N–H and O–H groups in total. The summed E-state index contributed by atoms with van der Waals surface area (Å²) in [6.07, 6.45) is 1.22. The zero-order valence-electron chi connectivity index (χ0n) is 14.0. The van der Waals surface area contributed by atoms with E-state index in [1.807, 2.05) is 0 Å². The van der Waals surface area contributed by atoms with Crippen molar-refractivity contribution in [1.29, 1.82) is 0 Å². The number of hydrogen-bond donors (Lipinski definition) is 0. The van der Waals surface area contributed by atoms with E-state index < -0.39 is 34.2 Å². The number of hydrogen-bond acceptors (Lipinski definition) is 4. The van der Waals surface area contributed by atoms with Crippen molar-refractivity contribution in [2.75, 3.05) is 9.80 Å². The van der Waals surface area contributed by atoms with Gasteiger partial charge in [-0.3, -0.25) is 19.3 Å². The minimum absolute atomic E-state index is 0.0458. The van der Waals surface area contributed by atoms with E-state index in [0.717, 1.165) is 33.7 Å². The average Bonchev–Trinajstić information content (AvgIpc) is 2.85. The van der Waals surface area contributed by atoms with Gasteiger partial charge in [-0.05, 0) is 29.7 Å². The Morgan fingerprint density at radius 3 is 2.52 bits per heavy atom. The molecule has 0 fully saturated rings. The number of benzene rings is 2. The van der Waals surface area contributed by atoms with Crippen LogP contribution in [0.4, 0.5) is 20.2 Å². The summed E-state index contributed by atoms with van der Waals surface area (Å²) < 4.78 is 28.4. The third-order valence-corrected chi connectivity index (χ3v) is 5.64. The van der Waals surface area contributed by atoms with E-state index in [1.54, 1.807) is 0 Å². The highest BCUT2D eigenvalue weighted by molar-refractivity contribution is 8.04. The van der Waals surface area contributed by atoms with Gasteiger partial charge in [0.05, 0.1) is 11.4 Å². The molecule has 0 saturated heterocycles. The molecule has 0 radical (unpaired) electrons. The van der Waals surface area contributed by atoms with Crippen LogP contribution >= 0.6 is 11.8 Å². The average molecular weight is 386 g/mol. The van der Waals surface area contributed by atoms with Crippen LogP contribution in [0.3, 0.4) is 0 Å². The standard InChI is InChI=1S/C19H12F2N2O3S/c1-11(24)22-16-10-12(20)6-7-13(16)19(18(22)26)23(17(25)8-9-27-19)15-5-3-2-4-14(15)21/h2-10H,1H3. The fourth-order valence-electron chi connectivity index (χ4n) is 3.39. The highest BCUT2D eigenvalue weighted by atomic mass is 32.2. The van der Waals surface area contributed by atoms with Crippen molar-refractivity contribution in [1.82, 2.24) is 0 Å². The molecule has 2 aliphatic heterocycles. The molecule has 0 aromatic heterocycles. The molecule has 0 bridgehead atoms. The summed E-state index contributed by atoms with van der Waals surface area (Å²) in [5.41, 5.74) is 0.188. The molecule has 1 spiro atoms. The Balaban J connectivity index is 2.04. The van der Waals surface area contributed by atoms with Crippen molar-refractivity contribution in [2.45, 2.75) is 11.8 Å². The number of para-hydroxylation sites is 1. The third-order valence-electron chi connectivity index (χ3n) is 4.45. The van der Waals surface area contributed by atoms with Crippen LogP contribution in [-0.2, 0) is 19.3 Å². The summed E-state index contributed by atoms with van der Waals surface area (Å²) >= 11 is 0.958. The molecule has 1 unspecified atom stereocenters. The Hall–Kier alpha value is -3.00. The molecule has 0 aliphatic carbocycles. The van der Waals surface area contributed by atoms with Gasteiger partial charge in [-0.15, -0.1) is 0 Å². The Morgan fingerprint density at radius 1 is 1.07 bits per heavy atom. The molecule has 3 amide bonds. The first-order valence-corrected chi connectivity index (χ1v) is 8.84. The number of fused-ring (bicyclic) bond motifs is 2. The second kappa shape index (κ2) is 6.02. The Labute approximate surface area is 157 Å². The van der Waals surface area contributed by atoms with Crippen LogP contribution in [0.15, 0.2) is 53.9 Å². The van der Waals surface area contributed by atoms with E-state index in [2.05, 4.69) is 0 Å². The fraction of sp³-hybridized carbons (Fsp3) is 0.105. The van der Waals surface area contributed by atoms with Gasteiger partial charge in [-0.25, -0.2) is 13.7 Å². The molecule has 1 atom stereocenters. The quantitative estimate of drug-likeness (QED) is 0.755. The number of amides is 3. The van der Waals surface area contributed by atoms with E-state index in [4.69, 9.17) is 0 Å². The number of halogens is 2. The molecule has 5 nitrogen and oxygen atoms in total. The number of nitrogens with zero attached hydrogens (tertiary/aromatic N) is 2. The molecule has 8 heteroatoms. The first kappa shape index (κ1) is 17.4. The van der Waals surface area contributed by atoms with Gasteiger partial charge in [0, 0.05) is 18.6 Å². The van der Waals surface area contributed by atoms with Gasteiger partial charge in [-0.1, -0.05) is 30.0 Å². The summed E-state index contributed by atoms with van der Waals surface area (Å²) in [6, 6.07) is 9.10. The Bertz CT molecular complexity index is 1040. The van der Waals surface area contributed by atoms with Crippen molar-refractivity contribution in [2.24, 2.45) is 0 Å². The molecule has 4 rings (SSSR count). The van der Waals surface area contributed by atoms with Gasteiger partial charge in [0.2, 0.25) is 10.8 Å². The van der Waals surface area contributed by atoms with Crippen LogP contribution in [0.1, 0.15) is 12.5 Å². The third kappa shape index (κ3) is 2.33. The van der Waals surface area contributed by atoms with Crippen LogP contribution in [-0.4, -0.2) is 17.7 Å². The fourth-order valence-corrected chi connectivity index (χ4v) is 4.56. The lowest BCUT2D eigenvalue weighted by Crippen LogP contribution is -2.55. The molecule has 136 valence electrons. The minimum atomic E-state index is -1.73. The molecular formula is C19H12F2N2O3S. The van der Waals surface area contributed by atoms with Gasteiger partial charge < -0.3 is 0 Å². The summed E-state index contributed by atoms with van der Waals surface area (Å²) in [6.45, 7) is 1.17. The first-order valence-electron chi connectivity index (χ1n) is 7.96. The van der Waals surface area contributed by atoms with E-state index >= 15 is 0 Å². The zero-order valence-corrected chi connectivity index (χ0v) is 14.8. The molecular weight excluding hydrogens is 374 g/mol. The SMILES string of the molecule is CC(=O)N1C(=O)C2(SC=CC(=O)N2c2ccccc2F)c2ccc(F)cc21. The smallest absolute Gasteiger partial charge is 0.275 e. The molecule has 0 saturated carbocycles. The molecule has 2 aromatic carbocycles. The minimum Gasteiger partial charge on any atom is -0.277 e. The summed E-state index contributed by atoms with van der Waals surface area (Å²) in [5, 5.41) is 1.42. The second-order valence-corrected chi connectivity index (χ2v) is 7.11. The van der Waals surface area contributed by atoms with Gasteiger partial charge in [0.1, 0.15) is 11.6 Å². The van der Waals surface area contributed by atoms with Gasteiger partial charge in [0.15, 0.2) is 0 Å². The predicted octanol–water partition coefficient (Wildman–Crippen LogP) is 3.30. The lowest BCUT2D eigenvalue weighted by Gasteiger charge is -2.40. The molecule has 2 heterocycles. The number of imide groups is 1. The van der Waals surface area contributed by atoms with Crippen molar-refractivity contribution in [3.05, 3.63) is 71.1 Å². The number of anilines is 2. The zero-order chi connectivity index (χ0) is 19.3. The predicted molar refractivity (Wildman–Crippen MR) is 96.9 cm³/mol. The number of carbonyl (C=O) groups is 3. The van der Waals surface area contributed by atoms with Crippen LogP contribution < -0.4 is 9.80 Å².